The van der Waals surface area contributed by atoms with Crippen LogP contribution in [0, 0.1) is 11.3 Å². The Hall–Kier alpha value is -0.180. The third-order valence-electron chi connectivity index (χ3n) is 3.98. The van der Waals surface area contributed by atoms with Gasteiger partial charge in [-0.3, -0.25) is 4.79 Å². The van der Waals surface area contributed by atoms with Gasteiger partial charge in [0.1, 0.15) is 0 Å². The van der Waals surface area contributed by atoms with E-state index in [1.54, 1.807) is 0 Å². The molecular weight excluding hydrogens is 321 g/mol. The van der Waals surface area contributed by atoms with E-state index in [1.165, 1.54) is 0 Å². The van der Waals surface area contributed by atoms with Crippen molar-refractivity contribution in [2.45, 2.75) is 67.2 Å². The molecule has 0 bridgehead atoms. The third-order valence-corrected chi connectivity index (χ3v) is 5.55. The second-order valence-electron chi connectivity index (χ2n) is 7.86. The third kappa shape index (κ3) is 12.2. The fraction of sp³-hybridized carbons (Fsp3) is 0.947. The minimum atomic E-state index is -0.990. The predicted molar refractivity (Wildman–Crippen MR) is 105 cm³/mol. The first kappa shape index (κ1) is 23.8. The van der Waals surface area contributed by atoms with Gasteiger partial charge in [0.15, 0.2) is 0 Å². The molecule has 0 aliphatic carbocycles. The first-order valence-electron chi connectivity index (χ1n) is 9.51. The van der Waals surface area contributed by atoms with Crippen molar-refractivity contribution in [1.29, 1.82) is 0 Å². The van der Waals surface area contributed by atoms with Crippen molar-refractivity contribution < 1.29 is 14.4 Å². The van der Waals surface area contributed by atoms with Gasteiger partial charge in [0.05, 0.1) is 6.61 Å². The number of nitrogens with zero attached hydrogens (tertiary/aromatic N) is 1. The van der Waals surface area contributed by atoms with Crippen LogP contribution in [0.1, 0.15) is 67.2 Å². The lowest BCUT2D eigenvalue weighted by Crippen LogP contribution is -2.41. The fourth-order valence-electron chi connectivity index (χ4n) is 2.61. The normalized spacial score (nSPS) is 13.3. The van der Waals surface area contributed by atoms with E-state index in [0.717, 1.165) is 32.0 Å². The Bertz CT molecular complexity index is 335. The zero-order valence-corrected chi connectivity index (χ0v) is 17.7. The van der Waals surface area contributed by atoms with Crippen molar-refractivity contribution in [2.75, 3.05) is 38.6 Å². The molecule has 0 rings (SSSR count). The number of carbonyl (C=O) groups excluding carboxylic acids is 1. The SMILES string of the molecule is CCCOCC(C)(C)CN(CC)C(=O)CCP(O)CCCC(C)C. The minimum absolute atomic E-state index is 0.0396. The molecule has 0 radical (unpaired) electrons. The molecule has 1 amide bonds. The number of rotatable bonds is 14. The lowest BCUT2D eigenvalue weighted by atomic mass is 9.94. The molecule has 144 valence electrons. The van der Waals surface area contributed by atoms with Gasteiger partial charge >= 0.3 is 0 Å². The average Bonchev–Trinajstić information content (AvgIpc) is 2.50. The molecule has 0 aromatic carbocycles. The number of hydrogen-bond donors (Lipinski definition) is 1. The molecule has 0 saturated carbocycles. The summed E-state index contributed by atoms with van der Waals surface area (Å²) in [5.41, 5.74) is -0.0396. The van der Waals surface area contributed by atoms with E-state index >= 15 is 0 Å². The van der Waals surface area contributed by atoms with Crippen LogP contribution >= 0.6 is 8.15 Å². The van der Waals surface area contributed by atoms with E-state index in [9.17, 15) is 9.69 Å². The summed E-state index contributed by atoms with van der Waals surface area (Å²) in [5, 5.41) is 0. The molecule has 5 heteroatoms. The van der Waals surface area contributed by atoms with Gasteiger partial charge < -0.3 is 14.5 Å². The molecule has 0 heterocycles. The number of hydrogen-bond acceptors (Lipinski definition) is 3. The molecule has 1 atom stereocenters. The maximum Gasteiger partial charge on any atom is 0.223 e. The molecular formula is C19H40NO3P. The van der Waals surface area contributed by atoms with Crippen LogP contribution in [0.25, 0.3) is 0 Å². The summed E-state index contributed by atoms with van der Waals surface area (Å²) >= 11 is 0. The molecule has 0 aromatic rings. The van der Waals surface area contributed by atoms with Gasteiger partial charge in [-0.15, -0.1) is 0 Å². The van der Waals surface area contributed by atoms with Gasteiger partial charge in [-0.1, -0.05) is 41.0 Å². The van der Waals surface area contributed by atoms with Crippen molar-refractivity contribution >= 4 is 14.1 Å². The van der Waals surface area contributed by atoms with Gasteiger partial charge in [0.25, 0.3) is 0 Å². The summed E-state index contributed by atoms with van der Waals surface area (Å²) in [7, 11) is -0.990. The van der Waals surface area contributed by atoms with Crippen molar-refractivity contribution in [2.24, 2.45) is 11.3 Å². The smallest absolute Gasteiger partial charge is 0.223 e. The highest BCUT2D eigenvalue weighted by atomic mass is 31.1. The maximum absolute atomic E-state index is 12.5. The van der Waals surface area contributed by atoms with E-state index in [-0.39, 0.29) is 11.3 Å². The molecule has 0 aromatic heterocycles. The molecule has 1 N–H and O–H groups in total. The fourth-order valence-corrected chi connectivity index (χ4v) is 3.83. The highest BCUT2D eigenvalue weighted by Gasteiger charge is 2.24. The van der Waals surface area contributed by atoms with E-state index in [0.29, 0.717) is 38.2 Å². The van der Waals surface area contributed by atoms with Gasteiger partial charge in [-0.05, 0) is 31.8 Å². The Morgan fingerprint density at radius 2 is 1.92 bits per heavy atom. The summed E-state index contributed by atoms with van der Waals surface area (Å²) < 4.78 is 5.66. The van der Waals surface area contributed by atoms with Crippen molar-refractivity contribution in [1.82, 2.24) is 4.90 Å². The van der Waals surface area contributed by atoms with Crippen LogP contribution in [-0.2, 0) is 9.53 Å². The first-order chi connectivity index (χ1) is 11.2. The van der Waals surface area contributed by atoms with Crippen LogP contribution in [0.5, 0.6) is 0 Å². The predicted octanol–water partition coefficient (Wildman–Crippen LogP) is 4.50. The van der Waals surface area contributed by atoms with Crippen LogP contribution in [0.15, 0.2) is 0 Å². The van der Waals surface area contributed by atoms with E-state index < -0.39 is 8.15 Å². The van der Waals surface area contributed by atoms with Gasteiger partial charge in [-0.25, -0.2) is 0 Å². The highest BCUT2D eigenvalue weighted by molar-refractivity contribution is 7.51. The summed E-state index contributed by atoms with van der Waals surface area (Å²) in [4.78, 5) is 24.5. The topological polar surface area (TPSA) is 49.8 Å². The summed E-state index contributed by atoms with van der Waals surface area (Å²) in [6.07, 6.45) is 5.19. The Kier molecular flexibility index (Phi) is 13.0. The van der Waals surface area contributed by atoms with E-state index in [4.69, 9.17) is 4.74 Å². The van der Waals surface area contributed by atoms with Gasteiger partial charge in [0.2, 0.25) is 5.91 Å². The Morgan fingerprint density at radius 3 is 2.46 bits per heavy atom. The number of ether oxygens (including phenoxy) is 1. The van der Waals surface area contributed by atoms with E-state index in [2.05, 4.69) is 34.6 Å². The second-order valence-corrected chi connectivity index (χ2v) is 9.77. The molecule has 0 spiro atoms. The Balaban J connectivity index is 4.19. The largest absolute Gasteiger partial charge is 0.381 e. The van der Waals surface area contributed by atoms with Crippen LogP contribution in [0.4, 0.5) is 0 Å². The molecule has 0 saturated heterocycles. The Morgan fingerprint density at radius 1 is 1.25 bits per heavy atom. The van der Waals surface area contributed by atoms with E-state index in [1.807, 2.05) is 11.8 Å². The van der Waals surface area contributed by atoms with Crippen molar-refractivity contribution in [3.63, 3.8) is 0 Å². The van der Waals surface area contributed by atoms with Crippen LogP contribution < -0.4 is 0 Å². The van der Waals surface area contributed by atoms with Crippen molar-refractivity contribution in [3.05, 3.63) is 0 Å². The molecule has 24 heavy (non-hydrogen) atoms. The molecule has 0 fully saturated rings. The van der Waals surface area contributed by atoms with Crippen LogP contribution in [0.3, 0.4) is 0 Å². The summed E-state index contributed by atoms with van der Waals surface area (Å²) in [5.74, 6) is 0.842. The maximum atomic E-state index is 12.5. The lowest BCUT2D eigenvalue weighted by molar-refractivity contribution is -0.132. The van der Waals surface area contributed by atoms with Crippen molar-refractivity contribution in [3.8, 4) is 0 Å². The molecule has 0 aliphatic heterocycles. The van der Waals surface area contributed by atoms with Crippen LogP contribution in [-0.4, -0.2) is 54.3 Å². The Labute approximate surface area is 151 Å². The van der Waals surface area contributed by atoms with Crippen LogP contribution in [0.2, 0.25) is 0 Å². The quantitative estimate of drug-likeness (QED) is 0.366. The summed E-state index contributed by atoms with van der Waals surface area (Å²) in [6, 6.07) is 0. The van der Waals surface area contributed by atoms with Gasteiger partial charge in [-0.2, -0.15) is 0 Å². The van der Waals surface area contributed by atoms with Gasteiger partial charge in [0, 0.05) is 45.8 Å². The molecule has 0 aliphatic rings. The second kappa shape index (κ2) is 13.1. The first-order valence-corrected chi connectivity index (χ1v) is 11.2. The number of carbonyl (C=O) groups is 1. The number of amides is 1. The standard InChI is InChI=1S/C19H40NO3P/c1-7-12-23-16-19(5,6)15-20(8-2)18(21)11-14-24(22)13-9-10-17(3)4/h17,22H,7-16H2,1-6H3. The average molecular weight is 362 g/mol. The lowest BCUT2D eigenvalue weighted by Gasteiger charge is -2.32. The molecule has 4 nitrogen and oxygen atoms in total. The molecule has 1 unspecified atom stereocenters. The highest BCUT2D eigenvalue weighted by Crippen LogP contribution is 2.32. The zero-order chi connectivity index (χ0) is 18.6. The monoisotopic (exact) mass is 361 g/mol. The zero-order valence-electron chi connectivity index (χ0n) is 16.8. The summed E-state index contributed by atoms with van der Waals surface area (Å²) in [6.45, 7) is 15.7. The minimum Gasteiger partial charge on any atom is -0.381 e.